The quantitative estimate of drug-likeness (QED) is 0.861. The fourth-order valence-electron chi connectivity index (χ4n) is 3.55. The Morgan fingerprint density at radius 3 is 2.85 bits per heavy atom. The smallest absolute Gasteiger partial charge is 0.258 e. The number of nitrogens with zero attached hydrogens (tertiary/aromatic N) is 2. The molecule has 27 heavy (non-hydrogen) atoms. The Morgan fingerprint density at radius 1 is 1.30 bits per heavy atom. The van der Waals surface area contributed by atoms with Gasteiger partial charge in [-0.3, -0.25) is 9.59 Å². The largest absolute Gasteiger partial charge is 0.487 e. The number of benzene rings is 1. The van der Waals surface area contributed by atoms with E-state index in [-0.39, 0.29) is 23.3 Å². The van der Waals surface area contributed by atoms with Gasteiger partial charge in [0.15, 0.2) is 11.6 Å². The molecule has 0 saturated carbocycles. The molecule has 1 N–H and O–H groups in total. The molecular weight excluding hydrogens is 353 g/mol. The van der Waals surface area contributed by atoms with Gasteiger partial charge in [0.05, 0.1) is 24.1 Å². The van der Waals surface area contributed by atoms with Crippen molar-refractivity contribution in [3.05, 3.63) is 34.1 Å². The third kappa shape index (κ3) is 3.95. The number of carbonyl (C=O) groups excluding carboxylic acids is 1. The van der Waals surface area contributed by atoms with E-state index >= 15 is 0 Å². The molecule has 0 unspecified atom stereocenters. The van der Waals surface area contributed by atoms with Gasteiger partial charge in [-0.25, -0.2) is 9.37 Å². The maximum Gasteiger partial charge on any atom is 0.258 e. The number of rotatable bonds is 5. The maximum absolute atomic E-state index is 14.5. The minimum absolute atomic E-state index is 0.0668. The Kier molecular flexibility index (Phi) is 5.07. The van der Waals surface area contributed by atoms with Gasteiger partial charge in [-0.1, -0.05) is 0 Å². The molecule has 0 bridgehead atoms. The van der Waals surface area contributed by atoms with Crippen molar-refractivity contribution < 1.29 is 18.7 Å². The molecule has 8 heteroatoms. The number of aromatic amines is 1. The van der Waals surface area contributed by atoms with Crippen molar-refractivity contribution >= 4 is 16.8 Å². The van der Waals surface area contributed by atoms with Crippen LogP contribution in [-0.2, 0) is 16.0 Å². The predicted molar refractivity (Wildman–Crippen MR) is 96.3 cm³/mol. The van der Waals surface area contributed by atoms with Gasteiger partial charge in [0, 0.05) is 44.8 Å². The first-order chi connectivity index (χ1) is 13.1. The van der Waals surface area contributed by atoms with Crippen molar-refractivity contribution in [2.75, 3.05) is 26.3 Å². The number of hydrogen-bond acceptors (Lipinski definition) is 5. The summed E-state index contributed by atoms with van der Waals surface area (Å²) in [6.45, 7) is 2.41. The summed E-state index contributed by atoms with van der Waals surface area (Å²) in [6.07, 6.45) is 3.14. The lowest BCUT2D eigenvalue weighted by molar-refractivity contribution is -0.127. The molecule has 2 aliphatic heterocycles. The van der Waals surface area contributed by atoms with E-state index in [0.29, 0.717) is 62.2 Å². The highest BCUT2D eigenvalue weighted by Crippen LogP contribution is 2.25. The summed E-state index contributed by atoms with van der Waals surface area (Å²) in [4.78, 5) is 33.0. The van der Waals surface area contributed by atoms with Crippen molar-refractivity contribution in [2.45, 2.75) is 38.2 Å². The lowest BCUT2D eigenvalue weighted by Crippen LogP contribution is -2.28. The van der Waals surface area contributed by atoms with Gasteiger partial charge < -0.3 is 19.4 Å². The Balaban J connectivity index is 1.54. The van der Waals surface area contributed by atoms with Gasteiger partial charge in [0.1, 0.15) is 11.9 Å². The molecule has 1 aromatic heterocycles. The van der Waals surface area contributed by atoms with Gasteiger partial charge in [-0.2, -0.15) is 0 Å². The van der Waals surface area contributed by atoms with Gasteiger partial charge in [0.2, 0.25) is 5.91 Å². The van der Waals surface area contributed by atoms with Crippen LogP contribution >= 0.6 is 0 Å². The number of amides is 1. The van der Waals surface area contributed by atoms with E-state index in [1.165, 1.54) is 12.1 Å². The molecule has 3 heterocycles. The molecule has 4 rings (SSSR count). The number of fused-ring (bicyclic) bond motifs is 1. The predicted octanol–water partition coefficient (Wildman–Crippen LogP) is 1.78. The lowest BCUT2D eigenvalue weighted by Gasteiger charge is -2.23. The van der Waals surface area contributed by atoms with Gasteiger partial charge >= 0.3 is 0 Å². The zero-order valence-corrected chi connectivity index (χ0v) is 15.0. The summed E-state index contributed by atoms with van der Waals surface area (Å²) in [5.74, 6) is 0.105. The molecule has 2 aromatic rings. The summed E-state index contributed by atoms with van der Waals surface area (Å²) in [7, 11) is 0. The second kappa shape index (κ2) is 7.64. The Hall–Kier alpha value is -2.48. The van der Waals surface area contributed by atoms with E-state index in [2.05, 4.69) is 9.97 Å². The van der Waals surface area contributed by atoms with Crippen molar-refractivity contribution in [1.29, 1.82) is 0 Å². The molecule has 2 fully saturated rings. The van der Waals surface area contributed by atoms with Crippen LogP contribution in [0.1, 0.15) is 31.5 Å². The van der Waals surface area contributed by atoms with Crippen LogP contribution in [0.4, 0.5) is 4.39 Å². The summed E-state index contributed by atoms with van der Waals surface area (Å²) in [6, 6.07) is 2.66. The van der Waals surface area contributed by atoms with Crippen molar-refractivity contribution in [1.82, 2.24) is 14.9 Å². The summed E-state index contributed by atoms with van der Waals surface area (Å²) >= 11 is 0. The number of hydrogen-bond donors (Lipinski definition) is 1. The van der Waals surface area contributed by atoms with Crippen molar-refractivity contribution in [2.24, 2.45) is 0 Å². The molecular formula is C19H22FN3O4. The number of ether oxygens (including phenoxy) is 2. The van der Waals surface area contributed by atoms with Crippen LogP contribution in [0.15, 0.2) is 16.9 Å². The average molecular weight is 375 g/mol. The highest BCUT2D eigenvalue weighted by atomic mass is 19.1. The van der Waals surface area contributed by atoms with Gasteiger partial charge in [-0.05, 0) is 12.5 Å². The standard InChI is InChI=1S/C19H22FN3O4/c20-14-11-15-13(10-16(14)27-12-4-8-26-9-5-12)19(25)22-17(21-15)3-7-23-6-1-2-18(23)24/h10-12H,1-9H2,(H,21,22,25). The fourth-order valence-corrected chi connectivity index (χ4v) is 3.55. The molecule has 0 spiro atoms. The normalized spacial score (nSPS) is 18.4. The van der Waals surface area contributed by atoms with Gasteiger partial charge in [0.25, 0.3) is 5.56 Å². The Morgan fingerprint density at radius 2 is 2.11 bits per heavy atom. The van der Waals surface area contributed by atoms with E-state index in [1.807, 2.05) is 0 Å². The molecule has 1 aromatic carbocycles. The maximum atomic E-state index is 14.5. The minimum atomic E-state index is -0.534. The number of halogens is 1. The van der Waals surface area contributed by atoms with Crippen LogP contribution in [0, 0.1) is 5.82 Å². The zero-order chi connectivity index (χ0) is 18.8. The van der Waals surface area contributed by atoms with Crippen molar-refractivity contribution in [3.8, 4) is 5.75 Å². The Bertz CT molecular complexity index is 908. The third-order valence-corrected chi connectivity index (χ3v) is 5.06. The van der Waals surface area contributed by atoms with E-state index in [1.54, 1.807) is 4.90 Å². The highest BCUT2D eigenvalue weighted by Gasteiger charge is 2.21. The fraction of sp³-hybridized carbons (Fsp3) is 0.526. The molecule has 0 atom stereocenters. The van der Waals surface area contributed by atoms with Crippen LogP contribution in [0.2, 0.25) is 0 Å². The van der Waals surface area contributed by atoms with Crippen molar-refractivity contribution in [3.63, 3.8) is 0 Å². The average Bonchev–Trinajstić information content (AvgIpc) is 3.07. The molecule has 2 aliphatic rings. The number of carbonyl (C=O) groups is 1. The number of aromatic nitrogens is 2. The molecule has 0 radical (unpaired) electrons. The second-order valence-electron chi connectivity index (χ2n) is 6.98. The molecule has 144 valence electrons. The van der Waals surface area contributed by atoms with E-state index in [0.717, 1.165) is 13.0 Å². The second-order valence-corrected chi connectivity index (χ2v) is 6.98. The lowest BCUT2D eigenvalue weighted by atomic mass is 10.1. The third-order valence-electron chi connectivity index (χ3n) is 5.06. The van der Waals surface area contributed by atoms with Crippen LogP contribution in [-0.4, -0.2) is 53.2 Å². The number of likely N-dealkylation sites (tertiary alicyclic amines) is 1. The first-order valence-corrected chi connectivity index (χ1v) is 9.35. The monoisotopic (exact) mass is 375 g/mol. The van der Waals surface area contributed by atoms with E-state index in [9.17, 15) is 14.0 Å². The van der Waals surface area contributed by atoms with Crippen LogP contribution in [0.25, 0.3) is 10.9 Å². The number of nitrogens with one attached hydrogen (secondary N) is 1. The summed E-state index contributed by atoms with van der Waals surface area (Å²) < 4.78 is 25.5. The topological polar surface area (TPSA) is 84.5 Å². The van der Waals surface area contributed by atoms with Gasteiger partial charge in [-0.15, -0.1) is 0 Å². The summed E-state index contributed by atoms with van der Waals surface area (Å²) in [5, 5.41) is 0.291. The summed E-state index contributed by atoms with van der Waals surface area (Å²) in [5.41, 5.74) is -0.0436. The van der Waals surface area contributed by atoms with Crippen LogP contribution < -0.4 is 10.3 Å². The molecule has 2 saturated heterocycles. The highest BCUT2D eigenvalue weighted by molar-refractivity contribution is 5.79. The molecule has 1 amide bonds. The first-order valence-electron chi connectivity index (χ1n) is 9.35. The van der Waals surface area contributed by atoms with Crippen LogP contribution in [0.5, 0.6) is 5.75 Å². The Labute approximate surface area is 155 Å². The molecule has 7 nitrogen and oxygen atoms in total. The number of H-pyrrole nitrogens is 1. The minimum Gasteiger partial charge on any atom is -0.487 e. The van der Waals surface area contributed by atoms with E-state index in [4.69, 9.17) is 9.47 Å². The molecule has 0 aliphatic carbocycles. The first kappa shape index (κ1) is 17.9. The van der Waals surface area contributed by atoms with E-state index < -0.39 is 5.82 Å². The SMILES string of the molecule is O=C1CCCN1CCc1nc2cc(F)c(OC3CCOCC3)cc2c(=O)[nH]1. The zero-order valence-electron chi connectivity index (χ0n) is 15.0. The van der Waals surface area contributed by atoms with Crippen LogP contribution in [0.3, 0.4) is 0 Å².